The van der Waals surface area contributed by atoms with Crippen LogP contribution < -0.4 is 10.6 Å². The number of nitrogens with zero attached hydrogens (tertiary/aromatic N) is 1. The van der Waals surface area contributed by atoms with Crippen molar-refractivity contribution in [2.24, 2.45) is 0 Å². The van der Waals surface area contributed by atoms with Gasteiger partial charge in [0.05, 0.1) is 6.54 Å². The van der Waals surface area contributed by atoms with Gasteiger partial charge in [-0.1, -0.05) is 13.8 Å². The molecular weight excluding hydrogens is 226 g/mol. The van der Waals surface area contributed by atoms with E-state index in [1.54, 1.807) is 0 Å². The minimum Gasteiger partial charge on any atom is -0.352 e. The second-order valence-corrected chi connectivity index (χ2v) is 5.51. The molecule has 106 valence electrons. The van der Waals surface area contributed by atoms with E-state index in [2.05, 4.69) is 43.4 Å². The summed E-state index contributed by atoms with van der Waals surface area (Å²) in [5.41, 5.74) is 0. The van der Waals surface area contributed by atoms with Crippen LogP contribution in [0.5, 0.6) is 0 Å². The van der Waals surface area contributed by atoms with Crippen molar-refractivity contribution in [1.82, 2.24) is 15.5 Å². The minimum atomic E-state index is 0.135. The van der Waals surface area contributed by atoms with Crippen LogP contribution in [0, 0.1) is 0 Å². The summed E-state index contributed by atoms with van der Waals surface area (Å²) in [6.45, 7) is 8.05. The predicted octanol–water partition coefficient (Wildman–Crippen LogP) is 1.36. The van der Waals surface area contributed by atoms with Crippen molar-refractivity contribution < 1.29 is 4.79 Å². The lowest BCUT2D eigenvalue weighted by Crippen LogP contribution is -2.48. The van der Waals surface area contributed by atoms with Crippen LogP contribution in [0.15, 0.2) is 0 Å². The number of rotatable bonds is 6. The van der Waals surface area contributed by atoms with Crippen molar-refractivity contribution in [2.45, 2.75) is 64.6 Å². The average Bonchev–Trinajstić information content (AvgIpc) is 2.37. The number of carbonyl (C=O) groups excluding carboxylic acids is 1. The van der Waals surface area contributed by atoms with Crippen molar-refractivity contribution in [1.29, 1.82) is 0 Å². The van der Waals surface area contributed by atoms with E-state index in [0.29, 0.717) is 24.7 Å². The number of nitrogens with one attached hydrogen (secondary N) is 2. The second-order valence-electron chi connectivity index (χ2n) is 5.51. The van der Waals surface area contributed by atoms with Crippen LogP contribution in [0.2, 0.25) is 0 Å². The highest BCUT2D eigenvalue weighted by molar-refractivity contribution is 5.78. The third-order valence-corrected chi connectivity index (χ3v) is 4.11. The lowest BCUT2D eigenvalue weighted by Gasteiger charge is -2.35. The number of hydrogen-bond donors (Lipinski definition) is 2. The summed E-state index contributed by atoms with van der Waals surface area (Å²) in [5.74, 6) is 0.135. The summed E-state index contributed by atoms with van der Waals surface area (Å²) in [7, 11) is 2.17. The van der Waals surface area contributed by atoms with Crippen LogP contribution in [0.3, 0.4) is 0 Å². The second kappa shape index (κ2) is 7.74. The van der Waals surface area contributed by atoms with E-state index in [9.17, 15) is 4.79 Å². The molecule has 0 radical (unpaired) electrons. The summed E-state index contributed by atoms with van der Waals surface area (Å²) in [6, 6.07) is 1.43. The molecule has 1 saturated heterocycles. The average molecular weight is 255 g/mol. The molecule has 4 nitrogen and oxygen atoms in total. The summed E-state index contributed by atoms with van der Waals surface area (Å²) in [4.78, 5) is 14.2. The Morgan fingerprint density at radius 1 is 1.39 bits per heavy atom. The largest absolute Gasteiger partial charge is 0.352 e. The van der Waals surface area contributed by atoms with Gasteiger partial charge in [0, 0.05) is 18.1 Å². The number of likely N-dealkylation sites (tertiary alicyclic amines) is 1. The van der Waals surface area contributed by atoms with Crippen LogP contribution in [-0.4, -0.2) is 49.1 Å². The van der Waals surface area contributed by atoms with Gasteiger partial charge in [0.1, 0.15) is 0 Å². The molecule has 2 unspecified atom stereocenters. The van der Waals surface area contributed by atoms with Gasteiger partial charge >= 0.3 is 0 Å². The fourth-order valence-corrected chi connectivity index (χ4v) is 2.48. The molecule has 0 aliphatic carbocycles. The Labute approximate surface area is 111 Å². The summed E-state index contributed by atoms with van der Waals surface area (Å²) < 4.78 is 0. The SMILES string of the molecule is CCC(CC)NC(=O)CNC1CCN(C)C(C)C1. The summed E-state index contributed by atoms with van der Waals surface area (Å²) >= 11 is 0. The zero-order valence-electron chi connectivity index (χ0n) is 12.3. The minimum absolute atomic E-state index is 0.135. The van der Waals surface area contributed by atoms with Gasteiger partial charge in [-0.05, 0) is 46.2 Å². The van der Waals surface area contributed by atoms with Gasteiger partial charge in [-0.15, -0.1) is 0 Å². The predicted molar refractivity (Wildman–Crippen MR) is 75.6 cm³/mol. The molecule has 1 aliphatic heterocycles. The van der Waals surface area contributed by atoms with Crippen molar-refractivity contribution in [3.63, 3.8) is 0 Å². The van der Waals surface area contributed by atoms with E-state index in [1.807, 2.05) is 0 Å². The fourth-order valence-electron chi connectivity index (χ4n) is 2.48. The maximum Gasteiger partial charge on any atom is 0.234 e. The topological polar surface area (TPSA) is 44.4 Å². The molecule has 1 amide bonds. The molecule has 1 heterocycles. The third-order valence-electron chi connectivity index (χ3n) is 4.11. The van der Waals surface area contributed by atoms with Gasteiger partial charge in [-0.2, -0.15) is 0 Å². The van der Waals surface area contributed by atoms with E-state index < -0.39 is 0 Å². The molecule has 0 aromatic carbocycles. The van der Waals surface area contributed by atoms with Crippen molar-refractivity contribution in [2.75, 3.05) is 20.1 Å². The van der Waals surface area contributed by atoms with E-state index in [4.69, 9.17) is 0 Å². The molecule has 0 bridgehead atoms. The zero-order valence-corrected chi connectivity index (χ0v) is 12.3. The number of amides is 1. The number of piperidine rings is 1. The van der Waals surface area contributed by atoms with Gasteiger partial charge in [-0.3, -0.25) is 4.79 Å². The first-order valence-corrected chi connectivity index (χ1v) is 7.29. The molecule has 0 spiro atoms. The molecule has 2 N–H and O–H groups in total. The highest BCUT2D eigenvalue weighted by Crippen LogP contribution is 2.14. The molecule has 2 atom stereocenters. The Kier molecular flexibility index (Phi) is 6.65. The Morgan fingerprint density at radius 2 is 2.06 bits per heavy atom. The van der Waals surface area contributed by atoms with Crippen LogP contribution in [0.1, 0.15) is 46.5 Å². The van der Waals surface area contributed by atoms with E-state index >= 15 is 0 Å². The van der Waals surface area contributed by atoms with Crippen molar-refractivity contribution in [3.8, 4) is 0 Å². The standard InChI is InChI=1S/C14H29N3O/c1-5-12(6-2)16-14(18)10-15-13-7-8-17(4)11(3)9-13/h11-13,15H,5-10H2,1-4H3,(H,16,18). The Bertz CT molecular complexity index is 253. The maximum atomic E-state index is 11.8. The normalized spacial score (nSPS) is 25.4. The first kappa shape index (κ1) is 15.4. The lowest BCUT2D eigenvalue weighted by molar-refractivity contribution is -0.121. The highest BCUT2D eigenvalue weighted by atomic mass is 16.1. The number of hydrogen-bond acceptors (Lipinski definition) is 3. The van der Waals surface area contributed by atoms with E-state index in [0.717, 1.165) is 32.2 Å². The van der Waals surface area contributed by atoms with Crippen molar-refractivity contribution >= 4 is 5.91 Å². The molecular formula is C14H29N3O. The van der Waals surface area contributed by atoms with Crippen molar-refractivity contribution in [3.05, 3.63) is 0 Å². The maximum absolute atomic E-state index is 11.8. The molecule has 0 aromatic rings. The number of carbonyl (C=O) groups is 1. The fraction of sp³-hybridized carbons (Fsp3) is 0.929. The molecule has 0 saturated carbocycles. The third kappa shape index (κ3) is 4.94. The molecule has 1 aliphatic rings. The van der Waals surface area contributed by atoms with Crippen LogP contribution >= 0.6 is 0 Å². The first-order chi connectivity index (χ1) is 8.56. The van der Waals surface area contributed by atoms with Gasteiger partial charge in [0.15, 0.2) is 0 Å². The molecule has 4 heteroatoms. The quantitative estimate of drug-likeness (QED) is 0.753. The van der Waals surface area contributed by atoms with Gasteiger partial charge < -0.3 is 15.5 Å². The first-order valence-electron chi connectivity index (χ1n) is 7.29. The molecule has 18 heavy (non-hydrogen) atoms. The summed E-state index contributed by atoms with van der Waals surface area (Å²) in [6.07, 6.45) is 4.29. The molecule has 1 fully saturated rings. The van der Waals surface area contributed by atoms with Crippen LogP contribution in [0.25, 0.3) is 0 Å². The van der Waals surface area contributed by atoms with Gasteiger partial charge in [0.25, 0.3) is 0 Å². The van der Waals surface area contributed by atoms with Crippen LogP contribution in [-0.2, 0) is 4.79 Å². The van der Waals surface area contributed by atoms with Crippen LogP contribution in [0.4, 0.5) is 0 Å². The summed E-state index contributed by atoms with van der Waals surface area (Å²) in [5, 5.41) is 6.45. The van der Waals surface area contributed by atoms with Gasteiger partial charge in [-0.25, -0.2) is 0 Å². The Hall–Kier alpha value is -0.610. The smallest absolute Gasteiger partial charge is 0.234 e. The Balaban J connectivity index is 2.22. The monoisotopic (exact) mass is 255 g/mol. The van der Waals surface area contributed by atoms with E-state index in [1.165, 1.54) is 0 Å². The molecule has 1 rings (SSSR count). The molecule has 0 aromatic heterocycles. The van der Waals surface area contributed by atoms with Gasteiger partial charge in [0.2, 0.25) is 5.91 Å². The Morgan fingerprint density at radius 3 is 2.61 bits per heavy atom. The highest BCUT2D eigenvalue weighted by Gasteiger charge is 2.22. The lowest BCUT2D eigenvalue weighted by atomic mass is 9.99. The van der Waals surface area contributed by atoms with E-state index in [-0.39, 0.29) is 5.91 Å². The zero-order chi connectivity index (χ0) is 13.5.